The van der Waals surface area contributed by atoms with E-state index in [1.807, 2.05) is 66.3 Å². The fourth-order valence-corrected chi connectivity index (χ4v) is 4.94. The molecule has 6 nitrogen and oxygen atoms in total. The van der Waals surface area contributed by atoms with Crippen LogP contribution < -0.4 is 10.5 Å². The number of hydrogen-bond donors (Lipinski definition) is 1. The van der Waals surface area contributed by atoms with Crippen molar-refractivity contribution in [1.82, 2.24) is 9.55 Å². The second kappa shape index (κ2) is 9.73. The number of ether oxygens (including phenoxy) is 1. The van der Waals surface area contributed by atoms with Crippen molar-refractivity contribution in [3.8, 4) is 16.9 Å². The molecule has 2 N–H and O–H groups in total. The van der Waals surface area contributed by atoms with Gasteiger partial charge < -0.3 is 15.0 Å². The first-order valence-corrected chi connectivity index (χ1v) is 13.1. The van der Waals surface area contributed by atoms with Crippen LogP contribution >= 0.6 is 0 Å². The minimum atomic E-state index is -3.10. The number of anilines is 1. The molecule has 1 heterocycles. The third kappa shape index (κ3) is 5.66. The van der Waals surface area contributed by atoms with Gasteiger partial charge in [0.05, 0.1) is 18.6 Å². The van der Waals surface area contributed by atoms with Gasteiger partial charge in [-0.15, -0.1) is 0 Å². The van der Waals surface area contributed by atoms with Crippen LogP contribution in [0.15, 0.2) is 79.0 Å². The monoisotopic (exact) mass is 475 g/mol. The Kier molecular flexibility index (Phi) is 6.75. The molecule has 1 unspecified atom stereocenters. The zero-order chi connectivity index (χ0) is 24.3. The maximum absolute atomic E-state index is 11.7. The van der Waals surface area contributed by atoms with E-state index in [-0.39, 0.29) is 11.7 Å². The van der Waals surface area contributed by atoms with E-state index in [1.165, 1.54) is 6.26 Å². The van der Waals surface area contributed by atoms with E-state index < -0.39 is 9.84 Å². The number of sulfone groups is 1. The Morgan fingerprint density at radius 3 is 2.15 bits per heavy atom. The number of hydrogen-bond acceptors (Lipinski definition) is 5. The Hall–Kier alpha value is -3.58. The van der Waals surface area contributed by atoms with Crippen molar-refractivity contribution in [3.63, 3.8) is 0 Å². The minimum Gasteiger partial charge on any atom is -0.497 e. The number of nitrogens with zero attached hydrogens (tertiary/aromatic N) is 2. The Bertz CT molecular complexity index is 1370. The van der Waals surface area contributed by atoms with Gasteiger partial charge in [-0.2, -0.15) is 0 Å². The molecule has 3 aromatic carbocycles. The van der Waals surface area contributed by atoms with Gasteiger partial charge in [0.25, 0.3) is 0 Å². The van der Waals surface area contributed by atoms with Crippen molar-refractivity contribution < 1.29 is 13.2 Å². The van der Waals surface area contributed by atoms with E-state index in [2.05, 4.69) is 29.2 Å². The Morgan fingerprint density at radius 1 is 0.971 bits per heavy atom. The van der Waals surface area contributed by atoms with Crippen molar-refractivity contribution >= 4 is 15.8 Å². The summed E-state index contributed by atoms with van der Waals surface area (Å²) >= 11 is 0. The van der Waals surface area contributed by atoms with Gasteiger partial charge in [-0.25, -0.2) is 13.4 Å². The lowest BCUT2D eigenvalue weighted by Gasteiger charge is -2.17. The van der Waals surface area contributed by atoms with E-state index >= 15 is 0 Å². The quantitative estimate of drug-likeness (QED) is 0.403. The standard InChI is InChI=1S/C27H29N3O3S/c1-30-17-26(29-27(30)28)25(21-10-12-24(33-2)13-11-21)16-19-6-4-8-22(14-19)23-9-5-7-20(15-23)18-34(3,31)32/h4-15,17,25H,16,18H2,1-3H3,(H2,28,29). The first kappa shape index (κ1) is 23.6. The molecule has 176 valence electrons. The molecular formula is C27H29N3O3S. The van der Waals surface area contributed by atoms with Crippen molar-refractivity contribution in [2.24, 2.45) is 7.05 Å². The summed E-state index contributed by atoms with van der Waals surface area (Å²) in [4.78, 5) is 4.60. The van der Waals surface area contributed by atoms with Crippen molar-refractivity contribution in [2.75, 3.05) is 19.1 Å². The summed E-state index contributed by atoms with van der Waals surface area (Å²) in [5.74, 6) is 1.33. The molecule has 0 aliphatic rings. The summed E-state index contributed by atoms with van der Waals surface area (Å²) in [7, 11) is 0.449. The van der Waals surface area contributed by atoms with Gasteiger partial charge in [0, 0.05) is 25.4 Å². The lowest BCUT2D eigenvalue weighted by Crippen LogP contribution is -2.06. The van der Waals surface area contributed by atoms with E-state index in [9.17, 15) is 8.42 Å². The molecule has 4 aromatic rings. The number of benzene rings is 3. The number of rotatable bonds is 8. The Labute approximate surface area is 201 Å². The number of nitrogen functional groups attached to an aromatic ring is 1. The first-order valence-electron chi connectivity index (χ1n) is 11.0. The zero-order valence-electron chi connectivity index (χ0n) is 19.6. The van der Waals surface area contributed by atoms with Gasteiger partial charge in [-0.05, 0) is 46.4 Å². The molecule has 4 rings (SSSR count). The maximum atomic E-state index is 11.7. The fraction of sp³-hybridized carbons (Fsp3) is 0.222. The normalized spacial score (nSPS) is 12.4. The van der Waals surface area contributed by atoms with Crippen molar-refractivity contribution in [2.45, 2.75) is 18.1 Å². The highest BCUT2D eigenvalue weighted by Gasteiger charge is 2.19. The van der Waals surface area contributed by atoms with E-state index in [0.717, 1.165) is 45.7 Å². The Morgan fingerprint density at radius 2 is 1.59 bits per heavy atom. The summed E-state index contributed by atoms with van der Waals surface area (Å²) in [5, 5.41) is 0. The van der Waals surface area contributed by atoms with Gasteiger partial charge in [0.1, 0.15) is 5.75 Å². The topological polar surface area (TPSA) is 87.2 Å². The molecule has 0 aliphatic heterocycles. The first-order chi connectivity index (χ1) is 16.2. The summed E-state index contributed by atoms with van der Waals surface area (Å²) in [6.45, 7) is 0. The predicted molar refractivity (Wildman–Crippen MR) is 137 cm³/mol. The van der Waals surface area contributed by atoms with Crippen LogP contribution in [0.1, 0.15) is 28.3 Å². The van der Waals surface area contributed by atoms with Crippen LogP contribution in [0.2, 0.25) is 0 Å². The molecular weight excluding hydrogens is 446 g/mol. The number of nitrogens with two attached hydrogens (primary N) is 1. The molecule has 0 fully saturated rings. The molecule has 1 atom stereocenters. The van der Waals surface area contributed by atoms with Crippen LogP contribution in [0.4, 0.5) is 5.95 Å². The SMILES string of the molecule is COc1ccc(C(Cc2cccc(-c3cccc(CS(C)(=O)=O)c3)c2)c2cn(C)c(N)n2)cc1. The predicted octanol–water partition coefficient (Wildman–Crippen LogP) is 4.60. The maximum Gasteiger partial charge on any atom is 0.200 e. The number of aryl methyl sites for hydroxylation is 1. The number of imidazole rings is 1. The van der Waals surface area contributed by atoms with Crippen molar-refractivity contribution in [1.29, 1.82) is 0 Å². The largest absolute Gasteiger partial charge is 0.497 e. The molecule has 0 aliphatic carbocycles. The van der Waals surface area contributed by atoms with Crippen LogP contribution in [0.25, 0.3) is 11.1 Å². The second-order valence-electron chi connectivity index (χ2n) is 8.64. The third-order valence-electron chi connectivity index (χ3n) is 5.86. The summed E-state index contributed by atoms with van der Waals surface area (Å²) < 4.78 is 30.6. The number of methoxy groups -OCH3 is 1. The van der Waals surface area contributed by atoms with Crippen LogP contribution in [0.3, 0.4) is 0 Å². The second-order valence-corrected chi connectivity index (χ2v) is 10.8. The van der Waals surface area contributed by atoms with Gasteiger partial charge in [0.15, 0.2) is 15.8 Å². The minimum absolute atomic E-state index is 0.0150. The molecule has 0 spiro atoms. The Balaban J connectivity index is 1.67. The summed E-state index contributed by atoms with van der Waals surface area (Å²) in [6, 6.07) is 24.1. The molecule has 34 heavy (non-hydrogen) atoms. The molecule has 0 saturated carbocycles. The van der Waals surface area contributed by atoms with Gasteiger partial charge in [-0.3, -0.25) is 0 Å². The highest BCUT2D eigenvalue weighted by Crippen LogP contribution is 2.31. The van der Waals surface area contributed by atoms with E-state index in [0.29, 0.717) is 5.95 Å². The van der Waals surface area contributed by atoms with Crippen LogP contribution in [-0.2, 0) is 29.1 Å². The lowest BCUT2D eigenvalue weighted by atomic mass is 9.88. The smallest absolute Gasteiger partial charge is 0.200 e. The van der Waals surface area contributed by atoms with Crippen molar-refractivity contribution in [3.05, 3.63) is 101 Å². The molecule has 0 saturated heterocycles. The molecule has 0 radical (unpaired) electrons. The number of aromatic nitrogens is 2. The molecule has 7 heteroatoms. The molecule has 1 aromatic heterocycles. The zero-order valence-corrected chi connectivity index (χ0v) is 20.4. The average molecular weight is 476 g/mol. The highest BCUT2D eigenvalue weighted by atomic mass is 32.2. The summed E-state index contributed by atoms with van der Waals surface area (Å²) in [6.07, 6.45) is 3.96. The van der Waals surface area contributed by atoms with Crippen LogP contribution in [0.5, 0.6) is 5.75 Å². The molecule has 0 bridgehead atoms. The average Bonchev–Trinajstić information content (AvgIpc) is 3.14. The van der Waals surface area contributed by atoms with Crippen LogP contribution in [0, 0.1) is 0 Å². The third-order valence-corrected chi connectivity index (χ3v) is 6.72. The highest BCUT2D eigenvalue weighted by molar-refractivity contribution is 7.89. The fourth-order valence-electron chi connectivity index (χ4n) is 4.16. The van der Waals surface area contributed by atoms with E-state index in [4.69, 9.17) is 10.5 Å². The van der Waals surface area contributed by atoms with Gasteiger partial charge in [-0.1, -0.05) is 60.7 Å². The van der Waals surface area contributed by atoms with Gasteiger partial charge in [0.2, 0.25) is 0 Å². The summed E-state index contributed by atoms with van der Waals surface area (Å²) in [5.41, 5.74) is 12.0. The van der Waals surface area contributed by atoms with E-state index in [1.54, 1.807) is 7.11 Å². The van der Waals surface area contributed by atoms with Crippen LogP contribution in [-0.4, -0.2) is 31.3 Å². The van der Waals surface area contributed by atoms with Gasteiger partial charge >= 0.3 is 0 Å². The lowest BCUT2D eigenvalue weighted by molar-refractivity contribution is 0.414. The molecule has 0 amide bonds.